The molecule has 0 fully saturated rings. The van der Waals surface area contributed by atoms with Crippen molar-refractivity contribution in [3.63, 3.8) is 0 Å². The Morgan fingerprint density at radius 1 is 1.29 bits per heavy atom. The molecule has 3 N–H and O–H groups in total. The van der Waals surface area contributed by atoms with Crippen molar-refractivity contribution in [2.75, 3.05) is 0 Å². The van der Waals surface area contributed by atoms with E-state index in [0.717, 1.165) is 0 Å². The summed E-state index contributed by atoms with van der Waals surface area (Å²) in [7, 11) is 0. The molecule has 4 nitrogen and oxygen atoms in total. The molecule has 1 unspecified atom stereocenters. The maximum absolute atomic E-state index is 13.6. The third-order valence-electron chi connectivity index (χ3n) is 3.36. The molecule has 116 valence electrons. The van der Waals surface area contributed by atoms with Gasteiger partial charge < -0.3 is 10.8 Å². The van der Waals surface area contributed by atoms with Gasteiger partial charge in [0, 0.05) is 6.42 Å². The lowest BCUT2D eigenvalue weighted by molar-refractivity contribution is -0.143. The fraction of sp³-hybridized carbons (Fsp3) is 0.500. The summed E-state index contributed by atoms with van der Waals surface area (Å²) >= 11 is 0. The molecular formula is C16H22FNO3. The van der Waals surface area contributed by atoms with Crippen LogP contribution >= 0.6 is 0 Å². The van der Waals surface area contributed by atoms with E-state index in [9.17, 15) is 19.1 Å². The van der Waals surface area contributed by atoms with Crippen LogP contribution in [0.2, 0.25) is 0 Å². The van der Waals surface area contributed by atoms with Gasteiger partial charge in [0.2, 0.25) is 0 Å². The largest absolute Gasteiger partial charge is 0.481 e. The summed E-state index contributed by atoms with van der Waals surface area (Å²) in [5.74, 6) is -2.54. The van der Waals surface area contributed by atoms with Crippen molar-refractivity contribution in [3.05, 3.63) is 35.6 Å². The van der Waals surface area contributed by atoms with Crippen LogP contribution in [0.4, 0.5) is 4.39 Å². The number of ketones is 1. The Bertz CT molecular complexity index is 502. The van der Waals surface area contributed by atoms with Gasteiger partial charge in [-0.05, 0) is 30.4 Å². The minimum absolute atomic E-state index is 0.0118. The van der Waals surface area contributed by atoms with E-state index in [-0.39, 0.29) is 24.5 Å². The second-order valence-corrected chi connectivity index (χ2v) is 5.74. The zero-order valence-electron chi connectivity index (χ0n) is 12.4. The van der Waals surface area contributed by atoms with Crippen LogP contribution in [0.1, 0.15) is 32.3 Å². The first-order valence-corrected chi connectivity index (χ1v) is 7.05. The number of nitrogens with two attached hydrogens (primary N) is 1. The van der Waals surface area contributed by atoms with E-state index in [1.807, 2.05) is 13.8 Å². The van der Waals surface area contributed by atoms with Gasteiger partial charge in [0.15, 0.2) is 0 Å². The summed E-state index contributed by atoms with van der Waals surface area (Å²) < 4.78 is 13.6. The number of hydrogen-bond donors (Lipinski definition) is 2. The number of hydrogen-bond acceptors (Lipinski definition) is 3. The van der Waals surface area contributed by atoms with Gasteiger partial charge >= 0.3 is 5.97 Å². The molecule has 0 aliphatic carbocycles. The molecular weight excluding hydrogens is 273 g/mol. The number of benzene rings is 1. The molecule has 0 saturated carbocycles. The van der Waals surface area contributed by atoms with Crippen molar-refractivity contribution < 1.29 is 19.1 Å². The van der Waals surface area contributed by atoms with Gasteiger partial charge in [0.05, 0.1) is 12.0 Å². The average molecular weight is 295 g/mol. The number of aliphatic carboxylic acids is 1. The molecule has 5 heteroatoms. The first kappa shape index (κ1) is 17.3. The Morgan fingerprint density at radius 3 is 2.43 bits per heavy atom. The van der Waals surface area contributed by atoms with Crippen molar-refractivity contribution in [3.8, 4) is 0 Å². The summed E-state index contributed by atoms with van der Waals surface area (Å²) in [5, 5.41) is 9.22. The Labute approximate surface area is 124 Å². The molecule has 0 bridgehead atoms. The van der Waals surface area contributed by atoms with Crippen molar-refractivity contribution in [2.45, 2.75) is 39.2 Å². The van der Waals surface area contributed by atoms with E-state index in [4.69, 9.17) is 5.73 Å². The maximum Gasteiger partial charge on any atom is 0.307 e. The molecule has 0 amide bonds. The van der Waals surface area contributed by atoms with Gasteiger partial charge in [-0.15, -0.1) is 0 Å². The molecule has 0 radical (unpaired) electrons. The van der Waals surface area contributed by atoms with Crippen LogP contribution in [-0.4, -0.2) is 22.9 Å². The second-order valence-electron chi connectivity index (χ2n) is 5.74. The standard InChI is InChI=1S/C16H22FNO3/c1-10(2)7-14(18)15(19)9-12(16(20)21)8-11-5-3-4-6-13(11)17/h3-6,10,12,14H,7-9,18H2,1-2H3,(H,20,21)/t12?,14-/m0/s1. The number of carboxylic acid groups (broad SMARTS) is 1. The van der Waals surface area contributed by atoms with Crippen molar-refractivity contribution in [1.29, 1.82) is 0 Å². The number of carbonyl (C=O) groups excluding carboxylic acids is 1. The Kier molecular flexibility index (Phi) is 6.49. The van der Waals surface area contributed by atoms with Crippen LogP contribution in [0, 0.1) is 17.7 Å². The highest BCUT2D eigenvalue weighted by Gasteiger charge is 2.25. The molecule has 0 aliphatic rings. The van der Waals surface area contributed by atoms with Crippen LogP contribution in [0.15, 0.2) is 24.3 Å². The molecule has 1 aromatic carbocycles. The van der Waals surface area contributed by atoms with Crippen LogP contribution < -0.4 is 5.73 Å². The summed E-state index contributed by atoms with van der Waals surface area (Å²) in [6, 6.07) is 5.33. The summed E-state index contributed by atoms with van der Waals surface area (Å²) in [4.78, 5) is 23.3. The van der Waals surface area contributed by atoms with Gasteiger partial charge in [0.1, 0.15) is 11.6 Å². The van der Waals surface area contributed by atoms with E-state index >= 15 is 0 Å². The van der Waals surface area contributed by atoms with Crippen LogP contribution in [0.5, 0.6) is 0 Å². The van der Waals surface area contributed by atoms with E-state index in [1.54, 1.807) is 6.07 Å². The number of Topliss-reactive ketones (excluding diaryl/α,β-unsaturated/α-hetero) is 1. The zero-order chi connectivity index (χ0) is 16.0. The highest BCUT2D eigenvalue weighted by atomic mass is 19.1. The van der Waals surface area contributed by atoms with Crippen LogP contribution in [-0.2, 0) is 16.0 Å². The summed E-state index contributed by atoms with van der Waals surface area (Å²) in [6.45, 7) is 3.89. The SMILES string of the molecule is CC(C)C[C@H](N)C(=O)CC(Cc1ccccc1F)C(=O)O. The number of rotatable bonds is 8. The van der Waals surface area contributed by atoms with Gasteiger partial charge in [-0.1, -0.05) is 32.0 Å². The highest BCUT2D eigenvalue weighted by Crippen LogP contribution is 2.18. The van der Waals surface area contributed by atoms with Gasteiger partial charge in [-0.25, -0.2) is 4.39 Å². The predicted molar refractivity (Wildman–Crippen MR) is 78.3 cm³/mol. The van der Waals surface area contributed by atoms with Crippen molar-refractivity contribution >= 4 is 11.8 Å². The molecule has 0 heterocycles. The molecule has 0 aliphatic heterocycles. The Balaban J connectivity index is 2.73. The van der Waals surface area contributed by atoms with Crippen LogP contribution in [0.3, 0.4) is 0 Å². The van der Waals surface area contributed by atoms with Crippen molar-refractivity contribution in [2.24, 2.45) is 17.6 Å². The lowest BCUT2D eigenvalue weighted by Crippen LogP contribution is -2.35. The predicted octanol–water partition coefficient (Wildman–Crippen LogP) is 2.40. The summed E-state index contributed by atoms with van der Waals surface area (Å²) in [6.07, 6.45) is 0.338. The van der Waals surface area contributed by atoms with E-state index < -0.39 is 23.7 Å². The number of carboxylic acids is 1. The topological polar surface area (TPSA) is 80.4 Å². The normalized spacial score (nSPS) is 14.0. The Hall–Kier alpha value is -1.75. The molecule has 0 aromatic heterocycles. The zero-order valence-corrected chi connectivity index (χ0v) is 12.4. The third kappa shape index (κ3) is 5.63. The minimum atomic E-state index is -1.11. The number of carbonyl (C=O) groups is 2. The third-order valence-corrected chi connectivity index (χ3v) is 3.36. The van der Waals surface area contributed by atoms with Gasteiger partial charge in [-0.2, -0.15) is 0 Å². The molecule has 0 saturated heterocycles. The monoisotopic (exact) mass is 295 g/mol. The average Bonchev–Trinajstić information content (AvgIpc) is 2.39. The summed E-state index contributed by atoms with van der Waals surface area (Å²) in [5.41, 5.74) is 6.07. The number of halogens is 1. The molecule has 1 rings (SSSR count). The quantitative estimate of drug-likeness (QED) is 0.771. The van der Waals surface area contributed by atoms with Crippen molar-refractivity contribution in [1.82, 2.24) is 0 Å². The lowest BCUT2D eigenvalue weighted by atomic mass is 9.90. The van der Waals surface area contributed by atoms with E-state index in [1.165, 1.54) is 18.2 Å². The fourth-order valence-electron chi connectivity index (χ4n) is 2.21. The van der Waals surface area contributed by atoms with Gasteiger partial charge in [-0.3, -0.25) is 9.59 Å². The van der Waals surface area contributed by atoms with Crippen LogP contribution in [0.25, 0.3) is 0 Å². The Morgan fingerprint density at radius 2 is 1.90 bits per heavy atom. The molecule has 1 aromatic rings. The van der Waals surface area contributed by atoms with E-state index in [2.05, 4.69) is 0 Å². The first-order valence-electron chi connectivity index (χ1n) is 7.05. The lowest BCUT2D eigenvalue weighted by Gasteiger charge is -2.17. The minimum Gasteiger partial charge on any atom is -0.481 e. The second kappa shape index (κ2) is 7.88. The molecule has 2 atom stereocenters. The smallest absolute Gasteiger partial charge is 0.307 e. The van der Waals surface area contributed by atoms with Gasteiger partial charge in [0.25, 0.3) is 0 Å². The van der Waals surface area contributed by atoms with E-state index in [0.29, 0.717) is 12.0 Å². The molecule has 0 spiro atoms. The first-order chi connectivity index (χ1) is 9.81. The molecule has 21 heavy (non-hydrogen) atoms. The highest BCUT2D eigenvalue weighted by molar-refractivity contribution is 5.87. The fourth-order valence-corrected chi connectivity index (χ4v) is 2.21. The maximum atomic E-state index is 13.6.